The molecule has 7 nitrogen and oxygen atoms in total. The fourth-order valence-corrected chi connectivity index (χ4v) is 3.37. The van der Waals surface area contributed by atoms with Crippen molar-refractivity contribution in [2.75, 3.05) is 5.32 Å². The summed E-state index contributed by atoms with van der Waals surface area (Å²) >= 11 is 0. The van der Waals surface area contributed by atoms with Crippen molar-refractivity contribution >= 4 is 28.1 Å². The predicted molar refractivity (Wildman–Crippen MR) is 106 cm³/mol. The molecule has 0 aliphatic heterocycles. The Balaban J connectivity index is 1.65. The van der Waals surface area contributed by atoms with Crippen molar-refractivity contribution < 1.29 is 0 Å². The summed E-state index contributed by atoms with van der Waals surface area (Å²) in [6.07, 6.45) is 7.73. The molecule has 0 aliphatic carbocycles. The van der Waals surface area contributed by atoms with Crippen molar-refractivity contribution in [2.45, 2.75) is 6.92 Å². The van der Waals surface area contributed by atoms with Crippen LogP contribution in [0.15, 0.2) is 55.1 Å². The van der Waals surface area contributed by atoms with E-state index in [1.165, 1.54) is 0 Å². The second-order valence-corrected chi connectivity index (χ2v) is 6.76. The monoisotopic (exact) mass is 357 g/mol. The van der Waals surface area contributed by atoms with Crippen LogP contribution in [-0.2, 0) is 14.1 Å². The van der Waals surface area contributed by atoms with Gasteiger partial charge in [-0.3, -0.25) is 9.36 Å². The first-order valence-corrected chi connectivity index (χ1v) is 8.75. The summed E-state index contributed by atoms with van der Waals surface area (Å²) in [5, 5.41) is 13.4. The average Bonchev–Trinajstić information content (AvgIpc) is 3.35. The van der Waals surface area contributed by atoms with Gasteiger partial charge in [-0.05, 0) is 24.6 Å². The lowest BCUT2D eigenvalue weighted by molar-refractivity contribution is 0.743. The Morgan fingerprint density at radius 3 is 2.70 bits per heavy atom. The largest absolute Gasteiger partial charge is 0.336 e. The van der Waals surface area contributed by atoms with Crippen LogP contribution >= 0.6 is 0 Å². The molecule has 0 aliphatic rings. The van der Waals surface area contributed by atoms with Crippen molar-refractivity contribution in [3.05, 3.63) is 60.8 Å². The fraction of sp³-hybridized carbons (Fsp3) is 0.150. The van der Waals surface area contributed by atoms with Gasteiger partial charge in [-0.25, -0.2) is 4.98 Å². The number of hydrogen-bond acceptors (Lipinski definition) is 4. The Morgan fingerprint density at radius 2 is 1.89 bits per heavy atom. The minimum Gasteiger partial charge on any atom is -0.336 e. The highest BCUT2D eigenvalue weighted by atomic mass is 15.3. The zero-order valence-electron chi connectivity index (χ0n) is 15.4. The number of nitrogens with one attached hydrogen (secondary N) is 1. The highest BCUT2D eigenvalue weighted by Gasteiger charge is 2.11. The van der Waals surface area contributed by atoms with E-state index in [2.05, 4.69) is 51.0 Å². The number of rotatable bonds is 3. The summed E-state index contributed by atoms with van der Waals surface area (Å²) in [5.41, 5.74) is 6.20. The molecule has 1 N–H and O–H groups in total. The number of pyridine rings is 1. The quantitative estimate of drug-likeness (QED) is 0.535. The maximum atomic E-state index is 4.50. The Bertz CT molecular complexity index is 1270. The van der Waals surface area contributed by atoms with E-state index in [0.717, 1.165) is 44.9 Å². The summed E-state index contributed by atoms with van der Waals surface area (Å²) in [6, 6.07) is 10.5. The van der Waals surface area contributed by atoms with Crippen molar-refractivity contribution in [2.24, 2.45) is 14.1 Å². The van der Waals surface area contributed by atoms with Crippen LogP contribution in [0.4, 0.5) is 11.5 Å². The Kier molecular flexibility index (Phi) is 3.30. The van der Waals surface area contributed by atoms with Gasteiger partial charge in [0.25, 0.3) is 0 Å². The van der Waals surface area contributed by atoms with Crippen LogP contribution in [0, 0.1) is 6.92 Å². The SMILES string of the molecule is Cc1cc(Nc2cc(-c3ccc4cnn(C)c4c3)cn3ccnc23)nn1C. The van der Waals surface area contributed by atoms with Gasteiger partial charge in [0, 0.05) is 55.4 Å². The van der Waals surface area contributed by atoms with Crippen LogP contribution in [0.3, 0.4) is 0 Å². The normalized spacial score (nSPS) is 11.5. The van der Waals surface area contributed by atoms with Crippen LogP contribution in [-0.4, -0.2) is 28.9 Å². The molecule has 0 spiro atoms. The first kappa shape index (κ1) is 15.6. The molecule has 27 heavy (non-hydrogen) atoms. The number of aryl methyl sites for hydroxylation is 3. The molecule has 5 rings (SSSR count). The fourth-order valence-electron chi connectivity index (χ4n) is 3.37. The van der Waals surface area contributed by atoms with E-state index in [9.17, 15) is 0 Å². The van der Waals surface area contributed by atoms with E-state index in [-0.39, 0.29) is 0 Å². The summed E-state index contributed by atoms with van der Waals surface area (Å²) in [6.45, 7) is 2.03. The third-order valence-corrected chi connectivity index (χ3v) is 4.95. The molecule has 0 saturated carbocycles. The van der Waals surface area contributed by atoms with Gasteiger partial charge >= 0.3 is 0 Å². The molecule has 0 fully saturated rings. The lowest BCUT2D eigenvalue weighted by atomic mass is 10.1. The molecular formula is C20H19N7. The maximum Gasteiger partial charge on any atom is 0.160 e. The maximum absolute atomic E-state index is 4.50. The van der Waals surface area contributed by atoms with Gasteiger partial charge in [0.1, 0.15) is 0 Å². The minimum atomic E-state index is 0.805. The van der Waals surface area contributed by atoms with Gasteiger partial charge in [0.15, 0.2) is 11.5 Å². The molecule has 0 unspecified atom stereocenters. The number of fused-ring (bicyclic) bond motifs is 2. The van der Waals surface area contributed by atoms with Gasteiger partial charge < -0.3 is 9.72 Å². The van der Waals surface area contributed by atoms with Crippen LogP contribution in [0.1, 0.15) is 5.69 Å². The van der Waals surface area contributed by atoms with Crippen molar-refractivity contribution in [3.63, 3.8) is 0 Å². The molecule has 4 heterocycles. The molecule has 4 aromatic heterocycles. The van der Waals surface area contributed by atoms with Crippen LogP contribution in [0.25, 0.3) is 27.7 Å². The first-order chi connectivity index (χ1) is 13.1. The molecule has 0 radical (unpaired) electrons. The van der Waals surface area contributed by atoms with Crippen LogP contribution < -0.4 is 5.32 Å². The van der Waals surface area contributed by atoms with Crippen LogP contribution in [0.2, 0.25) is 0 Å². The van der Waals surface area contributed by atoms with Crippen LogP contribution in [0.5, 0.6) is 0 Å². The highest BCUT2D eigenvalue weighted by Crippen LogP contribution is 2.29. The van der Waals surface area contributed by atoms with Gasteiger partial charge in [0.2, 0.25) is 0 Å². The van der Waals surface area contributed by atoms with E-state index in [0.29, 0.717) is 0 Å². The highest BCUT2D eigenvalue weighted by molar-refractivity contribution is 5.86. The number of benzene rings is 1. The third-order valence-electron chi connectivity index (χ3n) is 4.95. The van der Waals surface area contributed by atoms with E-state index >= 15 is 0 Å². The number of aromatic nitrogens is 6. The molecule has 5 aromatic rings. The Hall–Kier alpha value is -3.61. The summed E-state index contributed by atoms with van der Waals surface area (Å²) < 4.78 is 5.77. The molecule has 134 valence electrons. The van der Waals surface area contributed by atoms with Gasteiger partial charge in [-0.15, -0.1) is 0 Å². The van der Waals surface area contributed by atoms with Gasteiger partial charge in [-0.1, -0.05) is 12.1 Å². The van der Waals surface area contributed by atoms with E-state index in [1.54, 1.807) is 6.20 Å². The van der Waals surface area contributed by atoms with Gasteiger partial charge in [0.05, 0.1) is 17.4 Å². The van der Waals surface area contributed by atoms with Crippen molar-refractivity contribution in [1.29, 1.82) is 0 Å². The first-order valence-electron chi connectivity index (χ1n) is 8.75. The Labute approximate surface area is 155 Å². The smallest absolute Gasteiger partial charge is 0.160 e. The zero-order valence-corrected chi connectivity index (χ0v) is 15.4. The summed E-state index contributed by atoms with van der Waals surface area (Å²) in [4.78, 5) is 4.49. The van der Waals surface area contributed by atoms with Gasteiger partial charge in [-0.2, -0.15) is 10.2 Å². The van der Waals surface area contributed by atoms with Crippen molar-refractivity contribution in [3.8, 4) is 11.1 Å². The number of hydrogen-bond donors (Lipinski definition) is 1. The second kappa shape index (κ2) is 5.70. The molecule has 0 saturated heterocycles. The number of imidazole rings is 1. The van der Waals surface area contributed by atoms with E-state index in [4.69, 9.17) is 0 Å². The lowest BCUT2D eigenvalue weighted by Gasteiger charge is -2.10. The predicted octanol–water partition coefficient (Wildman–Crippen LogP) is 3.67. The zero-order chi connectivity index (χ0) is 18.5. The number of nitrogens with zero attached hydrogens (tertiary/aromatic N) is 6. The third kappa shape index (κ3) is 2.55. The summed E-state index contributed by atoms with van der Waals surface area (Å²) in [5.74, 6) is 0.805. The summed E-state index contributed by atoms with van der Waals surface area (Å²) in [7, 11) is 3.90. The molecule has 7 heteroatoms. The topological polar surface area (TPSA) is 65.0 Å². The molecule has 0 atom stereocenters. The molecular weight excluding hydrogens is 338 g/mol. The second-order valence-electron chi connectivity index (χ2n) is 6.76. The standard InChI is InChI=1S/C20H19N7/c1-13-8-19(24-25(13)2)23-17-9-16(12-27-7-6-21-20(17)27)14-4-5-15-11-22-26(3)18(15)10-14/h4-12H,1-3H3,(H,23,24). The lowest BCUT2D eigenvalue weighted by Crippen LogP contribution is -1.98. The Morgan fingerprint density at radius 1 is 1.00 bits per heavy atom. The molecule has 0 amide bonds. The van der Waals surface area contributed by atoms with Crippen molar-refractivity contribution in [1.82, 2.24) is 28.9 Å². The average molecular weight is 357 g/mol. The molecule has 1 aromatic carbocycles. The van der Waals surface area contributed by atoms with E-state index in [1.807, 2.05) is 53.2 Å². The number of anilines is 2. The minimum absolute atomic E-state index is 0.805. The molecule has 0 bridgehead atoms. The van der Waals surface area contributed by atoms with E-state index < -0.39 is 0 Å².